The number of para-hydroxylation sites is 1. The van der Waals surface area contributed by atoms with Crippen molar-refractivity contribution in [3.63, 3.8) is 0 Å². The number of nitrogens with one attached hydrogen (secondary N) is 1. The highest BCUT2D eigenvalue weighted by Crippen LogP contribution is 2.15. The summed E-state index contributed by atoms with van der Waals surface area (Å²) in [5.41, 5.74) is 5.66. The summed E-state index contributed by atoms with van der Waals surface area (Å²) >= 11 is 0. The van der Waals surface area contributed by atoms with Gasteiger partial charge in [0.25, 0.3) is 5.91 Å². The van der Waals surface area contributed by atoms with Gasteiger partial charge in [-0.2, -0.15) is 0 Å². The highest BCUT2D eigenvalue weighted by Gasteiger charge is 2.06. The summed E-state index contributed by atoms with van der Waals surface area (Å²) in [6.07, 6.45) is 1.00. The first-order valence-corrected chi connectivity index (χ1v) is 8.73. The van der Waals surface area contributed by atoms with Gasteiger partial charge in [0, 0.05) is 22.4 Å². The molecule has 0 aliphatic carbocycles. The number of hydrogen-bond donors (Lipinski definition) is 1. The molecule has 0 aliphatic rings. The Morgan fingerprint density at radius 2 is 1.62 bits per heavy atom. The van der Waals surface area contributed by atoms with Gasteiger partial charge in [-0.05, 0) is 66.9 Å². The van der Waals surface area contributed by atoms with E-state index < -0.39 is 0 Å². The predicted octanol–water partition coefficient (Wildman–Crippen LogP) is 5.21. The lowest BCUT2D eigenvalue weighted by atomic mass is 10.1. The Morgan fingerprint density at radius 3 is 2.35 bits per heavy atom. The largest absolute Gasteiger partial charge is 0.322 e. The molecular formula is C24H21NO. The Balaban J connectivity index is 1.71. The Hall–Kier alpha value is -3.31. The van der Waals surface area contributed by atoms with E-state index in [1.54, 1.807) is 12.1 Å². The van der Waals surface area contributed by atoms with Crippen molar-refractivity contribution in [1.82, 2.24) is 0 Å². The monoisotopic (exact) mass is 339 g/mol. The maximum atomic E-state index is 12.4. The van der Waals surface area contributed by atoms with Gasteiger partial charge in [-0.25, -0.2) is 0 Å². The highest BCUT2D eigenvalue weighted by atomic mass is 16.1. The van der Waals surface area contributed by atoms with Crippen LogP contribution in [0.1, 0.15) is 39.5 Å². The molecule has 1 amide bonds. The Morgan fingerprint density at radius 1 is 0.885 bits per heavy atom. The number of benzene rings is 3. The number of hydrogen-bond acceptors (Lipinski definition) is 1. The van der Waals surface area contributed by atoms with E-state index in [0.29, 0.717) is 5.56 Å². The van der Waals surface area contributed by atoms with Gasteiger partial charge in [-0.1, -0.05) is 49.1 Å². The number of carbonyl (C=O) groups excluding carboxylic acids is 1. The average molecular weight is 339 g/mol. The van der Waals surface area contributed by atoms with Crippen LogP contribution in [0.2, 0.25) is 0 Å². The second-order valence-electron chi connectivity index (χ2n) is 6.15. The van der Waals surface area contributed by atoms with E-state index in [9.17, 15) is 4.79 Å². The molecule has 3 aromatic carbocycles. The van der Waals surface area contributed by atoms with Crippen LogP contribution in [0.4, 0.5) is 5.69 Å². The highest BCUT2D eigenvalue weighted by molar-refractivity contribution is 6.04. The van der Waals surface area contributed by atoms with Crippen molar-refractivity contribution in [3.05, 3.63) is 101 Å². The topological polar surface area (TPSA) is 29.1 Å². The summed E-state index contributed by atoms with van der Waals surface area (Å²) in [5, 5.41) is 2.94. The molecular weight excluding hydrogens is 318 g/mol. The number of anilines is 1. The van der Waals surface area contributed by atoms with Crippen LogP contribution in [0.5, 0.6) is 0 Å². The molecule has 0 unspecified atom stereocenters. The van der Waals surface area contributed by atoms with Crippen LogP contribution >= 0.6 is 0 Å². The lowest BCUT2D eigenvalue weighted by Gasteiger charge is -2.08. The number of amides is 1. The van der Waals surface area contributed by atoms with Crippen LogP contribution in [0, 0.1) is 18.8 Å². The molecule has 26 heavy (non-hydrogen) atoms. The Kier molecular flexibility index (Phi) is 5.51. The van der Waals surface area contributed by atoms with Crippen LogP contribution in [-0.4, -0.2) is 5.91 Å². The zero-order chi connectivity index (χ0) is 18.4. The molecule has 2 heteroatoms. The fraction of sp³-hybridized carbons (Fsp3) is 0.125. The van der Waals surface area contributed by atoms with E-state index in [-0.39, 0.29) is 5.91 Å². The van der Waals surface area contributed by atoms with Crippen LogP contribution in [0.15, 0.2) is 72.8 Å². The van der Waals surface area contributed by atoms with Crippen LogP contribution in [0.25, 0.3) is 0 Å². The third kappa shape index (κ3) is 4.40. The zero-order valence-corrected chi connectivity index (χ0v) is 15.0. The molecule has 128 valence electrons. The molecule has 0 fully saturated rings. The lowest BCUT2D eigenvalue weighted by Crippen LogP contribution is -2.12. The smallest absolute Gasteiger partial charge is 0.255 e. The molecule has 0 aromatic heterocycles. The molecule has 0 spiro atoms. The molecule has 3 rings (SSSR count). The molecule has 2 nitrogen and oxygen atoms in total. The summed E-state index contributed by atoms with van der Waals surface area (Å²) in [7, 11) is 0. The Bertz CT molecular complexity index is 975. The number of carbonyl (C=O) groups is 1. The molecule has 3 aromatic rings. The minimum atomic E-state index is -0.116. The Labute approximate surface area is 154 Å². The first-order valence-electron chi connectivity index (χ1n) is 8.73. The van der Waals surface area contributed by atoms with Crippen LogP contribution in [-0.2, 0) is 6.42 Å². The third-order valence-electron chi connectivity index (χ3n) is 4.23. The van der Waals surface area contributed by atoms with Crippen LogP contribution in [0.3, 0.4) is 0 Å². The lowest BCUT2D eigenvalue weighted by molar-refractivity contribution is 0.102. The van der Waals surface area contributed by atoms with Crippen molar-refractivity contribution < 1.29 is 4.79 Å². The third-order valence-corrected chi connectivity index (χ3v) is 4.23. The van der Waals surface area contributed by atoms with Gasteiger partial charge in [-0.15, -0.1) is 0 Å². The molecule has 0 saturated carbocycles. The minimum Gasteiger partial charge on any atom is -0.322 e. The summed E-state index contributed by atoms with van der Waals surface area (Å²) in [6, 6.07) is 23.4. The second kappa shape index (κ2) is 8.18. The predicted molar refractivity (Wildman–Crippen MR) is 107 cm³/mol. The fourth-order valence-corrected chi connectivity index (χ4v) is 2.63. The standard InChI is InChI=1S/C24H21NO/c1-3-19-8-6-9-21(17-19)12-11-20-13-15-22(16-14-20)24(26)25-23-10-5-4-7-18(23)2/h4-10,13-17H,3H2,1-2H3,(H,25,26). The summed E-state index contributed by atoms with van der Waals surface area (Å²) in [4.78, 5) is 12.4. The average Bonchev–Trinajstić information content (AvgIpc) is 2.68. The number of aryl methyl sites for hydroxylation is 2. The molecule has 0 atom stereocenters. The summed E-state index contributed by atoms with van der Waals surface area (Å²) in [6.45, 7) is 4.11. The quantitative estimate of drug-likeness (QED) is 0.652. The van der Waals surface area contributed by atoms with Crippen molar-refractivity contribution in [2.75, 3.05) is 5.32 Å². The van der Waals surface area contributed by atoms with Gasteiger partial charge < -0.3 is 5.32 Å². The van der Waals surface area contributed by atoms with Crippen molar-refractivity contribution in [2.45, 2.75) is 20.3 Å². The van der Waals surface area contributed by atoms with Gasteiger partial charge in [0.2, 0.25) is 0 Å². The normalized spacial score (nSPS) is 9.92. The summed E-state index contributed by atoms with van der Waals surface area (Å²) in [5.74, 6) is 6.22. The first-order chi connectivity index (χ1) is 12.7. The maximum Gasteiger partial charge on any atom is 0.255 e. The molecule has 0 aliphatic heterocycles. The van der Waals surface area contributed by atoms with Gasteiger partial charge in [-0.3, -0.25) is 4.79 Å². The van der Waals surface area contributed by atoms with Gasteiger partial charge in [0.1, 0.15) is 0 Å². The van der Waals surface area contributed by atoms with E-state index >= 15 is 0 Å². The van der Waals surface area contributed by atoms with Gasteiger partial charge >= 0.3 is 0 Å². The number of rotatable bonds is 3. The molecule has 0 radical (unpaired) electrons. The molecule has 0 bridgehead atoms. The molecule has 0 saturated heterocycles. The van der Waals surface area contributed by atoms with Gasteiger partial charge in [0.15, 0.2) is 0 Å². The maximum absolute atomic E-state index is 12.4. The van der Waals surface area contributed by atoms with Crippen molar-refractivity contribution >= 4 is 11.6 Å². The van der Waals surface area contributed by atoms with Crippen molar-refractivity contribution in [3.8, 4) is 11.8 Å². The van der Waals surface area contributed by atoms with E-state index in [1.807, 2.05) is 55.5 Å². The van der Waals surface area contributed by atoms with Crippen molar-refractivity contribution in [1.29, 1.82) is 0 Å². The van der Waals surface area contributed by atoms with E-state index in [0.717, 1.165) is 28.8 Å². The van der Waals surface area contributed by atoms with E-state index in [2.05, 4.69) is 36.2 Å². The molecule has 1 N–H and O–H groups in total. The minimum absolute atomic E-state index is 0.116. The van der Waals surface area contributed by atoms with Gasteiger partial charge in [0.05, 0.1) is 0 Å². The summed E-state index contributed by atoms with van der Waals surface area (Å²) < 4.78 is 0. The SMILES string of the molecule is CCc1cccc(C#Cc2ccc(C(=O)Nc3ccccc3C)cc2)c1. The van der Waals surface area contributed by atoms with Crippen LogP contribution < -0.4 is 5.32 Å². The van der Waals surface area contributed by atoms with Crippen molar-refractivity contribution in [2.24, 2.45) is 0 Å². The first kappa shape index (κ1) is 17.5. The van der Waals surface area contributed by atoms with E-state index in [4.69, 9.17) is 0 Å². The second-order valence-corrected chi connectivity index (χ2v) is 6.15. The fourth-order valence-electron chi connectivity index (χ4n) is 2.63. The zero-order valence-electron chi connectivity index (χ0n) is 15.0. The van der Waals surface area contributed by atoms with E-state index in [1.165, 1.54) is 5.56 Å². The molecule has 0 heterocycles.